The maximum absolute atomic E-state index is 12.6. The quantitative estimate of drug-likeness (QED) is 0.535. The minimum atomic E-state index is -0.925. The molecule has 1 fully saturated rings. The minimum Gasteiger partial charge on any atom is -0.486 e. The molecule has 1 saturated heterocycles. The molecule has 1 N–H and O–H groups in total. The number of benzene rings is 1. The monoisotopic (exact) mass is 494 g/mol. The van der Waals surface area contributed by atoms with E-state index in [1.165, 1.54) is 4.90 Å². The van der Waals surface area contributed by atoms with E-state index in [0.29, 0.717) is 55.9 Å². The molecule has 2 aliphatic heterocycles. The molecule has 0 saturated carbocycles. The van der Waals surface area contributed by atoms with Gasteiger partial charge >= 0.3 is 6.09 Å². The Bertz CT molecular complexity index is 1300. The van der Waals surface area contributed by atoms with Crippen molar-refractivity contribution in [3.05, 3.63) is 58.4 Å². The lowest BCUT2D eigenvalue weighted by molar-refractivity contribution is 0.0855. The summed E-state index contributed by atoms with van der Waals surface area (Å²) in [5.74, 6) is 1.82. The number of methoxy groups -OCH3 is 1. The summed E-state index contributed by atoms with van der Waals surface area (Å²) in [7, 11) is 1.55. The van der Waals surface area contributed by atoms with E-state index in [1.807, 2.05) is 24.3 Å². The summed E-state index contributed by atoms with van der Waals surface area (Å²) in [6.07, 6.45) is 0.534. The first-order chi connectivity index (χ1) is 17.5. The molecule has 5 rings (SSSR count). The van der Waals surface area contributed by atoms with Crippen molar-refractivity contribution >= 4 is 17.1 Å². The topological polar surface area (TPSA) is 106 Å². The van der Waals surface area contributed by atoms with E-state index in [9.17, 15) is 14.7 Å². The second-order valence-corrected chi connectivity index (χ2v) is 9.05. The number of ether oxygens (including phenoxy) is 3. The maximum atomic E-state index is 12.6. The molecule has 0 atom stereocenters. The number of rotatable bonds is 7. The van der Waals surface area contributed by atoms with Crippen molar-refractivity contribution in [2.24, 2.45) is 0 Å². The zero-order chi connectivity index (χ0) is 25.1. The summed E-state index contributed by atoms with van der Waals surface area (Å²) in [5.41, 5.74) is 1.38. The van der Waals surface area contributed by atoms with Gasteiger partial charge in [-0.25, -0.2) is 4.79 Å². The van der Waals surface area contributed by atoms with Crippen LogP contribution in [0.25, 0.3) is 11.0 Å². The minimum absolute atomic E-state index is 0.0712. The van der Waals surface area contributed by atoms with Gasteiger partial charge in [0.05, 0.1) is 7.11 Å². The van der Waals surface area contributed by atoms with Crippen LogP contribution in [0.4, 0.5) is 4.79 Å². The fourth-order valence-electron chi connectivity index (χ4n) is 4.91. The zero-order valence-electron chi connectivity index (χ0n) is 20.3. The van der Waals surface area contributed by atoms with Crippen molar-refractivity contribution in [3.8, 4) is 17.4 Å². The molecule has 0 spiro atoms. The summed E-state index contributed by atoms with van der Waals surface area (Å²) >= 11 is 0. The SMILES string of the molecule is COc1ccc2ccc(=O)n(CCN3CCC(N(Cc4ccc5c(c4)OCCO5)C(=O)O)CC3)c2n1. The second kappa shape index (κ2) is 10.4. The lowest BCUT2D eigenvalue weighted by atomic mass is 10.0. The Labute approximate surface area is 208 Å². The average Bonchev–Trinajstić information content (AvgIpc) is 2.91. The highest BCUT2D eigenvalue weighted by atomic mass is 16.6. The first-order valence-corrected chi connectivity index (χ1v) is 12.2. The molecule has 190 valence electrons. The average molecular weight is 495 g/mol. The van der Waals surface area contributed by atoms with Gasteiger partial charge in [0.2, 0.25) is 5.88 Å². The van der Waals surface area contributed by atoms with Crippen LogP contribution in [-0.2, 0) is 13.1 Å². The Hall–Kier alpha value is -3.79. The molecular formula is C26H30N4O6. The predicted molar refractivity (Wildman–Crippen MR) is 133 cm³/mol. The number of aromatic nitrogens is 2. The number of fused-ring (bicyclic) bond motifs is 2. The maximum Gasteiger partial charge on any atom is 0.407 e. The van der Waals surface area contributed by atoms with Crippen LogP contribution >= 0.6 is 0 Å². The number of hydrogen-bond donors (Lipinski definition) is 1. The molecule has 4 heterocycles. The van der Waals surface area contributed by atoms with Crippen molar-refractivity contribution in [1.29, 1.82) is 0 Å². The molecule has 3 aromatic rings. The fourth-order valence-corrected chi connectivity index (χ4v) is 4.91. The van der Waals surface area contributed by atoms with Gasteiger partial charge in [-0.2, -0.15) is 4.98 Å². The smallest absolute Gasteiger partial charge is 0.407 e. The molecule has 10 heteroatoms. The van der Waals surface area contributed by atoms with Crippen molar-refractivity contribution in [2.75, 3.05) is 40.0 Å². The number of nitrogens with zero attached hydrogens (tertiary/aromatic N) is 4. The van der Waals surface area contributed by atoms with Crippen LogP contribution in [0.2, 0.25) is 0 Å². The molecule has 0 aliphatic carbocycles. The van der Waals surface area contributed by atoms with Crippen LogP contribution in [0.3, 0.4) is 0 Å². The number of carbonyl (C=O) groups is 1. The number of carboxylic acid groups (broad SMARTS) is 1. The number of likely N-dealkylation sites (tertiary alicyclic amines) is 1. The molecule has 10 nitrogen and oxygen atoms in total. The molecule has 0 radical (unpaired) electrons. The molecule has 1 amide bonds. The van der Waals surface area contributed by atoms with Crippen LogP contribution in [0.5, 0.6) is 17.4 Å². The standard InChI is InChI=1S/C26H30N4O6/c1-34-23-6-3-19-4-7-24(31)29(25(19)27-23)13-12-28-10-8-20(9-11-28)30(26(32)33)17-18-2-5-21-22(16-18)36-15-14-35-21/h2-7,16,20H,8-15,17H2,1H3,(H,32,33). The Kier molecular flexibility index (Phi) is 6.95. The van der Waals surface area contributed by atoms with Crippen LogP contribution in [0.15, 0.2) is 47.3 Å². The van der Waals surface area contributed by atoms with E-state index in [0.717, 1.165) is 36.9 Å². The Balaban J connectivity index is 1.21. The Morgan fingerprint density at radius 1 is 1.08 bits per heavy atom. The number of hydrogen-bond acceptors (Lipinski definition) is 7. The molecule has 36 heavy (non-hydrogen) atoms. The van der Waals surface area contributed by atoms with Crippen molar-refractivity contribution in [3.63, 3.8) is 0 Å². The van der Waals surface area contributed by atoms with Gasteiger partial charge in [0, 0.05) is 56.3 Å². The lowest BCUT2D eigenvalue weighted by Gasteiger charge is -2.37. The van der Waals surface area contributed by atoms with Crippen molar-refractivity contribution in [2.45, 2.75) is 32.0 Å². The highest BCUT2D eigenvalue weighted by molar-refractivity contribution is 5.75. The van der Waals surface area contributed by atoms with Crippen LogP contribution in [0, 0.1) is 0 Å². The molecule has 0 unspecified atom stereocenters. The van der Waals surface area contributed by atoms with Gasteiger partial charge in [-0.1, -0.05) is 6.07 Å². The van der Waals surface area contributed by atoms with Crippen molar-refractivity contribution < 1.29 is 24.1 Å². The van der Waals surface area contributed by atoms with E-state index in [2.05, 4.69) is 9.88 Å². The molecular weight excluding hydrogens is 464 g/mol. The third-order valence-corrected chi connectivity index (χ3v) is 6.86. The molecule has 2 aromatic heterocycles. The van der Waals surface area contributed by atoms with Gasteiger partial charge in [-0.15, -0.1) is 0 Å². The normalized spacial score (nSPS) is 16.1. The Morgan fingerprint density at radius 2 is 1.83 bits per heavy atom. The van der Waals surface area contributed by atoms with Gasteiger partial charge < -0.3 is 29.1 Å². The van der Waals surface area contributed by atoms with Crippen LogP contribution in [-0.4, -0.2) is 76.6 Å². The molecule has 0 bridgehead atoms. The van der Waals surface area contributed by atoms with Gasteiger partial charge in [-0.3, -0.25) is 9.36 Å². The van der Waals surface area contributed by atoms with E-state index in [1.54, 1.807) is 29.9 Å². The second-order valence-electron chi connectivity index (χ2n) is 9.05. The van der Waals surface area contributed by atoms with Gasteiger partial charge in [-0.05, 0) is 42.7 Å². The largest absolute Gasteiger partial charge is 0.486 e. The predicted octanol–water partition coefficient (Wildman–Crippen LogP) is 2.82. The Morgan fingerprint density at radius 3 is 2.58 bits per heavy atom. The van der Waals surface area contributed by atoms with Gasteiger partial charge in [0.1, 0.15) is 18.9 Å². The first-order valence-electron chi connectivity index (χ1n) is 12.2. The summed E-state index contributed by atoms with van der Waals surface area (Å²) in [5, 5.41) is 10.8. The lowest BCUT2D eigenvalue weighted by Crippen LogP contribution is -2.47. The van der Waals surface area contributed by atoms with E-state index in [-0.39, 0.29) is 11.6 Å². The first kappa shape index (κ1) is 23.9. The van der Waals surface area contributed by atoms with E-state index in [4.69, 9.17) is 14.2 Å². The number of pyridine rings is 2. The van der Waals surface area contributed by atoms with E-state index < -0.39 is 6.09 Å². The number of amides is 1. The highest BCUT2D eigenvalue weighted by Crippen LogP contribution is 2.31. The number of piperidine rings is 1. The van der Waals surface area contributed by atoms with E-state index >= 15 is 0 Å². The summed E-state index contributed by atoms with van der Waals surface area (Å²) < 4.78 is 18.1. The fraction of sp³-hybridized carbons (Fsp3) is 0.423. The van der Waals surface area contributed by atoms with Crippen LogP contribution in [0.1, 0.15) is 18.4 Å². The summed E-state index contributed by atoms with van der Waals surface area (Å²) in [4.78, 5) is 32.9. The third kappa shape index (κ3) is 5.08. The molecule has 1 aromatic carbocycles. The zero-order valence-corrected chi connectivity index (χ0v) is 20.3. The van der Waals surface area contributed by atoms with Crippen LogP contribution < -0.4 is 19.8 Å². The summed E-state index contributed by atoms with van der Waals surface area (Å²) in [6.45, 7) is 4.01. The van der Waals surface area contributed by atoms with Gasteiger partial charge in [0.25, 0.3) is 5.56 Å². The third-order valence-electron chi connectivity index (χ3n) is 6.86. The van der Waals surface area contributed by atoms with Crippen molar-refractivity contribution in [1.82, 2.24) is 19.4 Å². The highest BCUT2D eigenvalue weighted by Gasteiger charge is 2.28. The summed E-state index contributed by atoms with van der Waals surface area (Å²) in [6, 6.07) is 12.5. The molecule has 2 aliphatic rings. The van der Waals surface area contributed by atoms with Gasteiger partial charge in [0.15, 0.2) is 11.5 Å².